The molecule has 0 atom stereocenters. The summed E-state index contributed by atoms with van der Waals surface area (Å²) in [6.07, 6.45) is 0.954. The molecule has 1 aromatic carbocycles. The monoisotopic (exact) mass is 306 g/mol. The molecule has 0 radical (unpaired) electrons. The van der Waals surface area contributed by atoms with Gasteiger partial charge in [-0.3, -0.25) is 9.59 Å². The smallest absolute Gasteiger partial charge is 0.327 e. The van der Waals surface area contributed by atoms with Gasteiger partial charge in [-0.1, -0.05) is 38.1 Å². The molecule has 0 bridgehead atoms. The minimum atomic E-state index is -1.43. The summed E-state index contributed by atoms with van der Waals surface area (Å²) in [4.78, 5) is 24.6. The molecule has 22 heavy (non-hydrogen) atoms. The summed E-state index contributed by atoms with van der Waals surface area (Å²) in [7, 11) is 0. The van der Waals surface area contributed by atoms with Crippen LogP contribution in [0.3, 0.4) is 0 Å². The molecule has 0 aliphatic rings. The Morgan fingerprint density at radius 3 is 1.82 bits per heavy atom. The molecule has 0 N–H and O–H groups in total. The minimum absolute atomic E-state index is 0.221. The first-order valence-electron chi connectivity index (χ1n) is 7.80. The maximum atomic E-state index is 12.3. The van der Waals surface area contributed by atoms with Crippen molar-refractivity contribution in [1.82, 2.24) is 0 Å². The molecule has 0 unspecified atom stereocenters. The van der Waals surface area contributed by atoms with E-state index < -0.39 is 17.4 Å². The molecule has 1 rings (SSSR count). The van der Waals surface area contributed by atoms with E-state index in [1.807, 2.05) is 24.3 Å². The molecule has 4 heteroatoms. The molecule has 0 saturated carbocycles. The molecule has 0 saturated heterocycles. The van der Waals surface area contributed by atoms with Crippen LogP contribution >= 0.6 is 0 Å². The van der Waals surface area contributed by atoms with Crippen LogP contribution in [0.2, 0.25) is 0 Å². The number of ether oxygens (including phenoxy) is 2. The molecule has 0 fully saturated rings. The molecule has 0 spiro atoms. The number of benzene rings is 1. The van der Waals surface area contributed by atoms with Crippen LogP contribution in [0.25, 0.3) is 0 Å². The lowest BCUT2D eigenvalue weighted by Gasteiger charge is -2.25. The highest BCUT2D eigenvalue weighted by atomic mass is 16.6. The topological polar surface area (TPSA) is 52.6 Å². The summed E-state index contributed by atoms with van der Waals surface area (Å²) >= 11 is 0. The predicted molar refractivity (Wildman–Crippen MR) is 85.6 cm³/mol. The standard InChI is InChI=1S/C18H26O4/c1-6-21-16(19)18(5,17(20)22-7-2)15-10-8-14(9-11-15)12-13(3)4/h8-11,13H,6-7,12H2,1-5H3. The van der Waals surface area contributed by atoms with Gasteiger partial charge in [0.1, 0.15) is 0 Å². The average molecular weight is 306 g/mol. The molecular formula is C18H26O4. The Morgan fingerprint density at radius 2 is 1.45 bits per heavy atom. The number of hydrogen-bond donors (Lipinski definition) is 0. The van der Waals surface area contributed by atoms with Crippen molar-refractivity contribution in [3.63, 3.8) is 0 Å². The summed E-state index contributed by atoms with van der Waals surface area (Å²) in [5, 5.41) is 0. The summed E-state index contributed by atoms with van der Waals surface area (Å²) in [5.41, 5.74) is 0.341. The summed E-state index contributed by atoms with van der Waals surface area (Å²) < 4.78 is 10.2. The van der Waals surface area contributed by atoms with Crippen LogP contribution in [0.5, 0.6) is 0 Å². The SMILES string of the molecule is CCOC(=O)C(C)(C(=O)OCC)c1ccc(CC(C)C)cc1. The highest BCUT2D eigenvalue weighted by Gasteiger charge is 2.46. The zero-order valence-electron chi connectivity index (χ0n) is 14.1. The van der Waals surface area contributed by atoms with Crippen molar-refractivity contribution >= 4 is 11.9 Å². The first-order chi connectivity index (χ1) is 10.4. The van der Waals surface area contributed by atoms with E-state index in [-0.39, 0.29) is 13.2 Å². The van der Waals surface area contributed by atoms with E-state index in [4.69, 9.17) is 9.47 Å². The summed E-state index contributed by atoms with van der Waals surface area (Å²) in [6.45, 7) is 9.73. The fraction of sp³-hybridized carbons (Fsp3) is 0.556. The van der Waals surface area contributed by atoms with E-state index in [0.717, 1.165) is 6.42 Å². The van der Waals surface area contributed by atoms with Crippen LogP contribution in [-0.2, 0) is 30.9 Å². The molecule has 0 heterocycles. The van der Waals surface area contributed by atoms with E-state index in [9.17, 15) is 9.59 Å². The zero-order valence-corrected chi connectivity index (χ0v) is 14.1. The van der Waals surface area contributed by atoms with Crippen molar-refractivity contribution in [2.45, 2.75) is 46.5 Å². The first kappa shape index (κ1) is 18.2. The van der Waals surface area contributed by atoms with Crippen LogP contribution in [0, 0.1) is 5.92 Å². The third-order valence-electron chi connectivity index (χ3n) is 3.54. The van der Waals surface area contributed by atoms with Gasteiger partial charge >= 0.3 is 11.9 Å². The van der Waals surface area contributed by atoms with Gasteiger partial charge in [0.05, 0.1) is 13.2 Å². The molecule has 1 aromatic rings. The number of rotatable bonds is 7. The van der Waals surface area contributed by atoms with Crippen molar-refractivity contribution in [2.24, 2.45) is 5.92 Å². The molecule has 0 aliphatic heterocycles. The lowest BCUT2D eigenvalue weighted by molar-refractivity contribution is -0.163. The van der Waals surface area contributed by atoms with Crippen LogP contribution in [-0.4, -0.2) is 25.2 Å². The van der Waals surface area contributed by atoms with E-state index in [2.05, 4.69) is 13.8 Å². The summed E-state index contributed by atoms with van der Waals surface area (Å²) in [6, 6.07) is 7.52. The Hall–Kier alpha value is -1.84. The third kappa shape index (κ3) is 4.09. The molecular weight excluding hydrogens is 280 g/mol. The first-order valence-corrected chi connectivity index (χ1v) is 7.80. The average Bonchev–Trinajstić information content (AvgIpc) is 2.47. The quantitative estimate of drug-likeness (QED) is 0.573. The Labute approximate surface area is 132 Å². The van der Waals surface area contributed by atoms with Gasteiger partial charge in [-0.2, -0.15) is 0 Å². The Balaban J connectivity index is 3.15. The fourth-order valence-corrected chi connectivity index (χ4v) is 2.32. The van der Waals surface area contributed by atoms with E-state index in [1.54, 1.807) is 20.8 Å². The van der Waals surface area contributed by atoms with E-state index in [1.165, 1.54) is 5.56 Å². The van der Waals surface area contributed by atoms with Crippen molar-refractivity contribution in [3.8, 4) is 0 Å². The van der Waals surface area contributed by atoms with Crippen molar-refractivity contribution in [3.05, 3.63) is 35.4 Å². The van der Waals surface area contributed by atoms with Gasteiger partial charge in [0.15, 0.2) is 5.41 Å². The lowest BCUT2D eigenvalue weighted by atomic mass is 9.81. The van der Waals surface area contributed by atoms with Gasteiger partial charge < -0.3 is 9.47 Å². The van der Waals surface area contributed by atoms with Crippen LogP contribution < -0.4 is 0 Å². The second kappa shape index (κ2) is 7.97. The second-order valence-electron chi connectivity index (χ2n) is 5.86. The van der Waals surface area contributed by atoms with Crippen molar-refractivity contribution in [2.75, 3.05) is 13.2 Å². The van der Waals surface area contributed by atoms with Crippen LogP contribution in [0.4, 0.5) is 0 Å². The number of esters is 2. The maximum Gasteiger partial charge on any atom is 0.327 e. The number of carbonyl (C=O) groups excluding carboxylic acids is 2. The van der Waals surface area contributed by atoms with Gasteiger partial charge in [-0.05, 0) is 44.2 Å². The molecule has 0 aromatic heterocycles. The van der Waals surface area contributed by atoms with Crippen LogP contribution in [0.1, 0.15) is 45.7 Å². The Kier molecular flexibility index (Phi) is 6.60. The Morgan fingerprint density at radius 1 is 1.00 bits per heavy atom. The van der Waals surface area contributed by atoms with Crippen LogP contribution in [0.15, 0.2) is 24.3 Å². The van der Waals surface area contributed by atoms with Gasteiger partial charge in [-0.15, -0.1) is 0 Å². The summed E-state index contributed by atoms with van der Waals surface area (Å²) in [5.74, 6) is -0.609. The fourth-order valence-electron chi connectivity index (χ4n) is 2.32. The largest absolute Gasteiger partial charge is 0.465 e. The molecule has 0 amide bonds. The molecule has 4 nitrogen and oxygen atoms in total. The van der Waals surface area contributed by atoms with Crippen molar-refractivity contribution in [1.29, 1.82) is 0 Å². The van der Waals surface area contributed by atoms with E-state index in [0.29, 0.717) is 11.5 Å². The zero-order chi connectivity index (χ0) is 16.8. The maximum absolute atomic E-state index is 12.3. The van der Waals surface area contributed by atoms with Gasteiger partial charge in [0.25, 0.3) is 0 Å². The van der Waals surface area contributed by atoms with Crippen molar-refractivity contribution < 1.29 is 19.1 Å². The predicted octanol–water partition coefficient (Wildman–Crippen LogP) is 3.27. The minimum Gasteiger partial charge on any atom is -0.465 e. The molecule has 122 valence electrons. The normalized spacial score (nSPS) is 11.4. The molecule has 0 aliphatic carbocycles. The number of carbonyl (C=O) groups is 2. The lowest BCUT2D eigenvalue weighted by Crippen LogP contribution is -2.43. The highest BCUT2D eigenvalue weighted by molar-refractivity contribution is 6.05. The second-order valence-corrected chi connectivity index (χ2v) is 5.86. The third-order valence-corrected chi connectivity index (χ3v) is 3.54. The van der Waals surface area contributed by atoms with E-state index >= 15 is 0 Å². The van der Waals surface area contributed by atoms with Gasteiger partial charge in [0.2, 0.25) is 0 Å². The highest BCUT2D eigenvalue weighted by Crippen LogP contribution is 2.28. The Bertz CT molecular complexity index is 484. The van der Waals surface area contributed by atoms with Gasteiger partial charge in [0, 0.05) is 0 Å². The number of hydrogen-bond acceptors (Lipinski definition) is 4. The van der Waals surface area contributed by atoms with Gasteiger partial charge in [-0.25, -0.2) is 0 Å².